The molecule has 1 saturated heterocycles. The van der Waals surface area contributed by atoms with Crippen molar-refractivity contribution in [3.05, 3.63) is 53.1 Å². The first-order valence-corrected chi connectivity index (χ1v) is 8.37. The van der Waals surface area contributed by atoms with Crippen LogP contribution in [0, 0.1) is 23.7 Å². The number of rotatable bonds is 2. The van der Waals surface area contributed by atoms with Gasteiger partial charge in [0, 0.05) is 11.8 Å². The summed E-state index contributed by atoms with van der Waals surface area (Å²) in [4.78, 5) is 38.8. The van der Waals surface area contributed by atoms with Crippen molar-refractivity contribution in [3.8, 4) is 0 Å². The highest BCUT2D eigenvalue weighted by molar-refractivity contribution is 6.23. The Labute approximate surface area is 146 Å². The third-order valence-corrected chi connectivity index (χ3v) is 5.54. The largest absolute Gasteiger partial charge is 0.465 e. The zero-order valence-electron chi connectivity index (χ0n) is 14.4. The second-order valence-electron chi connectivity index (χ2n) is 6.99. The van der Waals surface area contributed by atoms with Crippen molar-refractivity contribution < 1.29 is 19.1 Å². The summed E-state index contributed by atoms with van der Waals surface area (Å²) >= 11 is 0. The number of amides is 2. The third kappa shape index (κ3) is 2.05. The number of anilines is 1. The van der Waals surface area contributed by atoms with Gasteiger partial charge in [0.25, 0.3) is 0 Å². The quantitative estimate of drug-likeness (QED) is 0.473. The van der Waals surface area contributed by atoms with E-state index in [-0.39, 0.29) is 35.5 Å². The van der Waals surface area contributed by atoms with Gasteiger partial charge in [-0.15, -0.1) is 0 Å². The number of hydrogen-bond donors (Lipinski definition) is 0. The Morgan fingerprint density at radius 2 is 1.48 bits per heavy atom. The highest BCUT2D eigenvalue weighted by atomic mass is 16.5. The van der Waals surface area contributed by atoms with Gasteiger partial charge in [0.1, 0.15) is 0 Å². The van der Waals surface area contributed by atoms with Gasteiger partial charge in [-0.2, -0.15) is 0 Å². The molecule has 0 radical (unpaired) electrons. The average molecular weight is 337 g/mol. The molecule has 128 valence electrons. The Kier molecular flexibility index (Phi) is 3.42. The van der Waals surface area contributed by atoms with E-state index >= 15 is 0 Å². The molecule has 1 heterocycles. The minimum atomic E-state index is -0.446. The summed E-state index contributed by atoms with van der Waals surface area (Å²) < 4.78 is 4.68. The van der Waals surface area contributed by atoms with E-state index in [4.69, 9.17) is 0 Å². The molecule has 0 N–H and O–H groups in total. The summed E-state index contributed by atoms with van der Waals surface area (Å²) in [5.41, 5.74) is 3.33. The molecule has 1 aromatic carbocycles. The van der Waals surface area contributed by atoms with Crippen molar-refractivity contribution in [3.63, 3.8) is 0 Å². The van der Waals surface area contributed by atoms with E-state index in [0.29, 0.717) is 11.3 Å². The summed E-state index contributed by atoms with van der Waals surface area (Å²) in [5.74, 6) is -1.25. The zero-order valence-corrected chi connectivity index (χ0v) is 14.4. The van der Waals surface area contributed by atoms with Crippen LogP contribution < -0.4 is 4.90 Å². The van der Waals surface area contributed by atoms with Crippen LogP contribution in [0.4, 0.5) is 5.69 Å². The maximum Gasteiger partial charge on any atom is 0.337 e. The van der Waals surface area contributed by atoms with Gasteiger partial charge in [0.15, 0.2) is 0 Å². The Morgan fingerprint density at radius 1 is 0.960 bits per heavy atom. The molecule has 4 atom stereocenters. The standard InChI is InChI=1S/C20H19NO4/c1-10(2)15-13-8-9-14(15)17-16(13)18(22)21(19(17)23)12-6-4-11(5-7-12)20(24)25-3/h4-9,13-14,16-17H,1-3H3/t13-,14-,16-,17-/m1/s1. The molecular formula is C20H19NO4. The molecule has 3 aliphatic rings. The third-order valence-electron chi connectivity index (χ3n) is 5.54. The van der Waals surface area contributed by atoms with Crippen molar-refractivity contribution >= 4 is 23.5 Å². The number of carbonyl (C=O) groups excluding carboxylic acids is 3. The van der Waals surface area contributed by atoms with E-state index < -0.39 is 5.97 Å². The molecule has 2 fully saturated rings. The van der Waals surface area contributed by atoms with Crippen LogP contribution >= 0.6 is 0 Å². The fourth-order valence-corrected chi connectivity index (χ4v) is 4.55. The predicted octanol–water partition coefficient (Wildman–Crippen LogP) is 2.73. The molecule has 1 aliphatic heterocycles. The first-order valence-electron chi connectivity index (χ1n) is 8.37. The fourth-order valence-electron chi connectivity index (χ4n) is 4.55. The number of nitrogens with zero attached hydrogens (tertiary/aromatic N) is 1. The number of imide groups is 1. The summed E-state index contributed by atoms with van der Waals surface area (Å²) in [7, 11) is 1.31. The van der Waals surface area contributed by atoms with Gasteiger partial charge in [-0.1, -0.05) is 23.3 Å². The van der Waals surface area contributed by atoms with Gasteiger partial charge in [0.05, 0.1) is 30.2 Å². The molecule has 0 unspecified atom stereocenters. The van der Waals surface area contributed by atoms with E-state index in [1.165, 1.54) is 23.2 Å². The van der Waals surface area contributed by atoms with Crippen LogP contribution in [0.25, 0.3) is 0 Å². The van der Waals surface area contributed by atoms with Gasteiger partial charge in [-0.3, -0.25) is 9.59 Å². The number of methoxy groups -OCH3 is 1. The molecule has 1 saturated carbocycles. The number of esters is 1. The molecule has 5 heteroatoms. The van der Waals surface area contributed by atoms with E-state index in [1.54, 1.807) is 24.3 Å². The number of benzene rings is 1. The summed E-state index contributed by atoms with van der Waals surface area (Å²) in [6, 6.07) is 6.40. The lowest BCUT2D eigenvalue weighted by Crippen LogP contribution is -2.33. The summed E-state index contributed by atoms with van der Waals surface area (Å²) in [6.07, 6.45) is 4.15. The number of hydrogen-bond acceptors (Lipinski definition) is 4. The Hall–Kier alpha value is -2.69. The van der Waals surface area contributed by atoms with Crippen LogP contribution in [0.2, 0.25) is 0 Å². The zero-order chi connectivity index (χ0) is 17.9. The maximum absolute atomic E-state index is 13.0. The summed E-state index contributed by atoms with van der Waals surface area (Å²) in [6.45, 7) is 4.09. The van der Waals surface area contributed by atoms with Crippen LogP contribution in [0.3, 0.4) is 0 Å². The van der Waals surface area contributed by atoms with Crippen LogP contribution in [0.15, 0.2) is 47.6 Å². The smallest absolute Gasteiger partial charge is 0.337 e. The number of carbonyl (C=O) groups is 3. The number of ether oxygens (including phenoxy) is 1. The maximum atomic E-state index is 13.0. The molecule has 0 aromatic heterocycles. The van der Waals surface area contributed by atoms with Crippen molar-refractivity contribution in [1.82, 2.24) is 0 Å². The Balaban J connectivity index is 1.68. The first kappa shape index (κ1) is 15.8. The monoisotopic (exact) mass is 337 g/mol. The van der Waals surface area contributed by atoms with Crippen molar-refractivity contribution in [2.24, 2.45) is 23.7 Å². The van der Waals surface area contributed by atoms with Gasteiger partial charge < -0.3 is 4.74 Å². The van der Waals surface area contributed by atoms with E-state index in [1.807, 2.05) is 13.8 Å². The second kappa shape index (κ2) is 5.41. The lowest BCUT2D eigenvalue weighted by Gasteiger charge is -2.19. The molecule has 2 amide bonds. The highest BCUT2D eigenvalue weighted by Crippen LogP contribution is 2.57. The molecule has 2 bridgehead atoms. The number of allylic oxidation sites excluding steroid dienone is 4. The molecule has 2 aliphatic carbocycles. The Bertz CT molecular complexity index is 811. The lowest BCUT2D eigenvalue weighted by atomic mass is 9.85. The Morgan fingerprint density at radius 3 is 1.92 bits per heavy atom. The van der Waals surface area contributed by atoms with E-state index in [9.17, 15) is 14.4 Å². The van der Waals surface area contributed by atoms with Crippen LogP contribution in [-0.4, -0.2) is 24.9 Å². The summed E-state index contributed by atoms with van der Waals surface area (Å²) in [5, 5.41) is 0. The second-order valence-corrected chi connectivity index (χ2v) is 6.99. The number of fused-ring (bicyclic) bond motifs is 5. The van der Waals surface area contributed by atoms with Crippen molar-refractivity contribution in [1.29, 1.82) is 0 Å². The van der Waals surface area contributed by atoms with E-state index in [2.05, 4.69) is 16.9 Å². The van der Waals surface area contributed by atoms with Crippen LogP contribution in [0.1, 0.15) is 24.2 Å². The van der Waals surface area contributed by atoms with Crippen molar-refractivity contribution in [2.45, 2.75) is 13.8 Å². The molecule has 5 nitrogen and oxygen atoms in total. The molecule has 1 aromatic rings. The fraction of sp³-hybridized carbons (Fsp3) is 0.350. The van der Waals surface area contributed by atoms with Gasteiger partial charge in [-0.05, 0) is 38.1 Å². The highest BCUT2D eigenvalue weighted by Gasteiger charge is 2.61. The molecule has 4 rings (SSSR count). The molecule has 25 heavy (non-hydrogen) atoms. The minimum Gasteiger partial charge on any atom is -0.465 e. The molecule has 0 spiro atoms. The van der Waals surface area contributed by atoms with Gasteiger partial charge in [-0.25, -0.2) is 9.69 Å². The van der Waals surface area contributed by atoms with Crippen LogP contribution in [-0.2, 0) is 14.3 Å². The topological polar surface area (TPSA) is 63.7 Å². The normalized spacial score (nSPS) is 29.4. The van der Waals surface area contributed by atoms with Crippen molar-refractivity contribution in [2.75, 3.05) is 12.0 Å². The van der Waals surface area contributed by atoms with E-state index in [0.717, 1.165) is 0 Å². The average Bonchev–Trinajstić information content (AvgIpc) is 3.24. The molecular weight excluding hydrogens is 318 g/mol. The van der Waals surface area contributed by atoms with Crippen LogP contribution in [0.5, 0.6) is 0 Å². The first-order chi connectivity index (χ1) is 12.0. The minimum absolute atomic E-state index is 0.0378. The van der Waals surface area contributed by atoms with Gasteiger partial charge in [0.2, 0.25) is 11.8 Å². The lowest BCUT2D eigenvalue weighted by molar-refractivity contribution is -0.122. The van der Waals surface area contributed by atoms with Gasteiger partial charge >= 0.3 is 5.97 Å². The SMILES string of the molecule is COC(=O)c1ccc(N2C(=O)[C@H]3[C@H](C2=O)[C@@H]2C=C[C@@H]3C2=C(C)C)cc1. The predicted molar refractivity (Wildman–Crippen MR) is 91.7 cm³/mol.